The quantitative estimate of drug-likeness (QED) is 0.910. The molecule has 1 amide bonds. The molecular weight excluding hydrogens is 330 g/mol. The normalized spacial score (nSPS) is 14.0. The molecule has 0 heterocycles. The summed E-state index contributed by atoms with van der Waals surface area (Å²) in [6, 6.07) is 15.2. The zero-order valence-electron chi connectivity index (χ0n) is 11.5. The second-order valence-electron chi connectivity index (χ2n) is 5.31. The fourth-order valence-electron chi connectivity index (χ4n) is 2.37. The molecule has 0 bridgehead atoms. The molecule has 2 aromatic rings. The number of phenolic OH excluding ortho intramolecular Hbond substituents is 1. The number of rotatable bonds is 4. The second kappa shape index (κ2) is 5.90. The van der Waals surface area contributed by atoms with Crippen LogP contribution in [0.1, 0.15) is 28.8 Å². The van der Waals surface area contributed by atoms with E-state index in [0.29, 0.717) is 12.1 Å². The lowest BCUT2D eigenvalue weighted by atomic mass is 10.1. The predicted octanol–water partition coefficient (Wildman–Crippen LogP) is 3.96. The van der Waals surface area contributed by atoms with Crippen LogP contribution in [0.5, 0.6) is 5.75 Å². The van der Waals surface area contributed by atoms with Crippen molar-refractivity contribution >= 4 is 21.8 Å². The molecule has 3 rings (SSSR count). The van der Waals surface area contributed by atoms with Gasteiger partial charge in [-0.3, -0.25) is 4.79 Å². The van der Waals surface area contributed by atoms with Crippen molar-refractivity contribution in [2.24, 2.45) is 0 Å². The fourth-order valence-corrected chi connectivity index (χ4v) is 2.73. The summed E-state index contributed by atoms with van der Waals surface area (Å²) in [4.78, 5) is 14.6. The Balaban J connectivity index is 1.87. The molecule has 0 radical (unpaired) electrons. The second-order valence-corrected chi connectivity index (χ2v) is 6.23. The van der Waals surface area contributed by atoms with E-state index in [9.17, 15) is 9.90 Å². The summed E-state index contributed by atoms with van der Waals surface area (Å²) in [5.74, 6) is -0.0814. The molecule has 0 unspecified atom stereocenters. The van der Waals surface area contributed by atoms with Crippen LogP contribution in [0.2, 0.25) is 0 Å². The highest BCUT2D eigenvalue weighted by Crippen LogP contribution is 2.32. The van der Waals surface area contributed by atoms with Crippen LogP contribution in [0, 0.1) is 0 Å². The Morgan fingerprint density at radius 1 is 1.19 bits per heavy atom. The van der Waals surface area contributed by atoms with Crippen molar-refractivity contribution in [3.05, 3.63) is 64.1 Å². The van der Waals surface area contributed by atoms with Gasteiger partial charge < -0.3 is 10.0 Å². The Morgan fingerprint density at radius 2 is 1.90 bits per heavy atom. The van der Waals surface area contributed by atoms with Crippen LogP contribution in [0.4, 0.5) is 0 Å². The lowest BCUT2D eigenvalue weighted by Crippen LogP contribution is -2.32. The highest BCUT2D eigenvalue weighted by Gasteiger charge is 2.34. The maximum Gasteiger partial charge on any atom is 0.258 e. The van der Waals surface area contributed by atoms with Crippen LogP contribution in [-0.4, -0.2) is 22.0 Å². The van der Waals surface area contributed by atoms with Crippen LogP contribution < -0.4 is 0 Å². The molecule has 1 aliphatic carbocycles. The van der Waals surface area contributed by atoms with Gasteiger partial charge in [0.25, 0.3) is 5.91 Å². The van der Waals surface area contributed by atoms with E-state index in [1.54, 1.807) is 18.2 Å². The smallest absolute Gasteiger partial charge is 0.258 e. The molecule has 1 saturated carbocycles. The predicted molar refractivity (Wildman–Crippen MR) is 85.1 cm³/mol. The summed E-state index contributed by atoms with van der Waals surface area (Å²) in [5.41, 5.74) is 1.46. The molecule has 0 aromatic heterocycles. The van der Waals surface area contributed by atoms with Crippen LogP contribution >= 0.6 is 15.9 Å². The topological polar surface area (TPSA) is 40.5 Å². The minimum Gasteiger partial charge on any atom is -0.507 e. The lowest BCUT2D eigenvalue weighted by Gasteiger charge is -2.23. The third kappa shape index (κ3) is 3.27. The van der Waals surface area contributed by atoms with Crippen molar-refractivity contribution in [2.75, 3.05) is 0 Å². The van der Waals surface area contributed by atoms with Crippen LogP contribution in [0.3, 0.4) is 0 Å². The number of halogens is 1. The number of amides is 1. The monoisotopic (exact) mass is 345 g/mol. The van der Waals surface area contributed by atoms with Gasteiger partial charge >= 0.3 is 0 Å². The summed E-state index contributed by atoms with van der Waals surface area (Å²) in [5, 5.41) is 9.95. The Morgan fingerprint density at radius 3 is 2.57 bits per heavy atom. The van der Waals surface area contributed by atoms with Gasteiger partial charge in [-0.15, -0.1) is 0 Å². The first kappa shape index (κ1) is 14.1. The van der Waals surface area contributed by atoms with Crippen molar-refractivity contribution in [2.45, 2.75) is 25.4 Å². The minimum absolute atomic E-state index is 0.0295. The molecule has 1 fully saturated rings. The van der Waals surface area contributed by atoms with Crippen LogP contribution in [0.25, 0.3) is 0 Å². The van der Waals surface area contributed by atoms with Crippen molar-refractivity contribution in [1.29, 1.82) is 0 Å². The number of benzene rings is 2. The van der Waals surface area contributed by atoms with Crippen molar-refractivity contribution < 1.29 is 9.90 Å². The Hall–Kier alpha value is -1.81. The fraction of sp³-hybridized carbons (Fsp3) is 0.235. The molecule has 4 heteroatoms. The first-order valence-corrected chi connectivity index (χ1v) is 7.78. The number of nitrogens with zero attached hydrogens (tertiary/aromatic N) is 1. The van der Waals surface area contributed by atoms with Crippen LogP contribution in [-0.2, 0) is 6.54 Å². The maximum atomic E-state index is 12.7. The zero-order chi connectivity index (χ0) is 14.8. The molecule has 2 aromatic carbocycles. The lowest BCUT2D eigenvalue weighted by molar-refractivity contribution is 0.0727. The molecule has 1 N–H and O–H groups in total. The summed E-state index contributed by atoms with van der Waals surface area (Å²) >= 11 is 3.35. The molecule has 3 nitrogen and oxygen atoms in total. The first-order chi connectivity index (χ1) is 10.1. The molecule has 0 aliphatic heterocycles. The van der Waals surface area contributed by atoms with Crippen molar-refractivity contribution in [3.63, 3.8) is 0 Å². The van der Waals surface area contributed by atoms with E-state index in [1.165, 1.54) is 0 Å². The highest BCUT2D eigenvalue weighted by molar-refractivity contribution is 9.10. The molecule has 21 heavy (non-hydrogen) atoms. The molecular formula is C17H16BrNO2. The Kier molecular flexibility index (Phi) is 3.97. The number of carbonyl (C=O) groups is 1. The molecule has 108 valence electrons. The van der Waals surface area contributed by atoms with Crippen molar-refractivity contribution in [1.82, 2.24) is 4.90 Å². The Bertz CT molecular complexity index is 653. The summed E-state index contributed by atoms with van der Waals surface area (Å²) < 4.78 is 0.791. The maximum absolute atomic E-state index is 12.7. The van der Waals surface area contributed by atoms with Gasteiger partial charge in [0, 0.05) is 17.1 Å². The summed E-state index contributed by atoms with van der Waals surface area (Å²) in [6.07, 6.45) is 2.07. The van der Waals surface area contributed by atoms with Gasteiger partial charge in [-0.05, 0) is 36.6 Å². The molecule has 1 aliphatic rings. The minimum atomic E-state index is -0.111. The van der Waals surface area contributed by atoms with E-state index in [2.05, 4.69) is 15.9 Å². The van der Waals surface area contributed by atoms with Gasteiger partial charge in [-0.1, -0.05) is 46.3 Å². The van der Waals surface area contributed by atoms with Crippen LogP contribution in [0.15, 0.2) is 53.0 Å². The number of hydrogen-bond donors (Lipinski definition) is 1. The third-order valence-corrected chi connectivity index (χ3v) is 4.13. The van der Waals surface area contributed by atoms with Gasteiger partial charge in [-0.2, -0.15) is 0 Å². The summed E-state index contributed by atoms with van der Waals surface area (Å²) in [7, 11) is 0. The average molecular weight is 346 g/mol. The summed E-state index contributed by atoms with van der Waals surface area (Å²) in [6.45, 7) is 0.580. The van der Waals surface area contributed by atoms with E-state index in [-0.39, 0.29) is 17.7 Å². The van der Waals surface area contributed by atoms with Gasteiger partial charge in [0.05, 0.1) is 5.56 Å². The Labute approximate surface area is 132 Å². The number of hydrogen-bond acceptors (Lipinski definition) is 2. The van der Waals surface area contributed by atoms with Gasteiger partial charge in [-0.25, -0.2) is 0 Å². The third-order valence-electron chi connectivity index (χ3n) is 3.63. The zero-order valence-corrected chi connectivity index (χ0v) is 13.1. The molecule has 0 spiro atoms. The van der Waals surface area contributed by atoms with Crippen molar-refractivity contribution in [3.8, 4) is 5.75 Å². The molecule has 0 atom stereocenters. The molecule has 0 saturated heterocycles. The number of carbonyl (C=O) groups excluding carboxylic acids is 1. The van der Waals surface area contributed by atoms with E-state index in [1.807, 2.05) is 35.2 Å². The van der Waals surface area contributed by atoms with Gasteiger partial charge in [0.2, 0.25) is 0 Å². The van der Waals surface area contributed by atoms with E-state index >= 15 is 0 Å². The highest BCUT2D eigenvalue weighted by atomic mass is 79.9. The van der Waals surface area contributed by atoms with E-state index in [4.69, 9.17) is 0 Å². The first-order valence-electron chi connectivity index (χ1n) is 6.98. The van der Waals surface area contributed by atoms with Gasteiger partial charge in [0.1, 0.15) is 5.75 Å². The van der Waals surface area contributed by atoms with E-state index < -0.39 is 0 Å². The van der Waals surface area contributed by atoms with Gasteiger partial charge in [0.15, 0.2) is 0 Å². The SMILES string of the molecule is O=C(c1cc(Br)ccc1O)N(Cc1ccccc1)C1CC1. The van der Waals surface area contributed by atoms with E-state index in [0.717, 1.165) is 22.9 Å². The average Bonchev–Trinajstić information content (AvgIpc) is 3.32. The standard InChI is InChI=1S/C17H16BrNO2/c18-13-6-9-16(20)15(10-13)17(21)19(14-7-8-14)11-12-4-2-1-3-5-12/h1-6,9-10,14,20H,7-8,11H2. The number of phenols is 1. The number of aromatic hydroxyl groups is 1. The largest absolute Gasteiger partial charge is 0.507 e.